The third-order valence-electron chi connectivity index (χ3n) is 12.6. The highest BCUT2D eigenvalue weighted by Gasteiger charge is 2.70. The van der Waals surface area contributed by atoms with E-state index in [-0.39, 0.29) is 59.5 Å². The van der Waals surface area contributed by atoms with Crippen molar-refractivity contribution >= 4 is 39.6 Å². The molecule has 0 bridgehead atoms. The van der Waals surface area contributed by atoms with Gasteiger partial charge in [-0.1, -0.05) is 91.0 Å². The lowest BCUT2D eigenvalue weighted by molar-refractivity contribution is -0.144. The number of Topliss-reactive ketones (excluding diaryl/α,β-unsaturated/α-hetero) is 1. The number of hydrogen-bond acceptors (Lipinski definition) is 7. The third kappa shape index (κ3) is 8.24. The zero-order chi connectivity index (χ0) is 39.2. The second-order valence-corrected chi connectivity index (χ2v) is 19.7. The average Bonchev–Trinajstić information content (AvgIpc) is 3.95. The number of ketones is 1. The Morgan fingerprint density at radius 1 is 0.981 bits per heavy atom. The summed E-state index contributed by atoms with van der Waals surface area (Å²) in [5.41, 5.74) is -0.0210. The summed E-state index contributed by atoms with van der Waals surface area (Å²) in [7, 11) is -3.74. The van der Waals surface area contributed by atoms with Crippen LogP contribution in [-0.4, -0.2) is 91.0 Å². The number of nitrogens with one attached hydrogen (secondary N) is 4. The van der Waals surface area contributed by atoms with Crippen molar-refractivity contribution in [3.05, 3.63) is 42.5 Å². The molecule has 0 spiro atoms. The van der Waals surface area contributed by atoms with E-state index in [9.17, 15) is 32.4 Å². The maximum Gasteiger partial charge on any atom is 0.315 e. The number of benzene rings is 1. The Hall–Kier alpha value is -3.78. The summed E-state index contributed by atoms with van der Waals surface area (Å²) in [6, 6.07) is 2.97. The second kappa shape index (κ2) is 15.4. The Balaban J connectivity index is 1.20. The lowest BCUT2D eigenvalue weighted by Gasteiger charge is -2.38. The Morgan fingerprint density at radius 3 is 2.30 bits per heavy atom. The molecule has 4 fully saturated rings. The van der Waals surface area contributed by atoms with Gasteiger partial charge in [0.25, 0.3) is 5.91 Å². The zero-order valence-electron chi connectivity index (χ0n) is 32.4. The quantitative estimate of drug-likeness (QED) is 0.166. The predicted octanol–water partition coefficient (Wildman–Crippen LogP) is 3.49. The number of hydrogen-bond donors (Lipinski definition) is 4. The average molecular weight is 767 g/mol. The first-order valence-electron chi connectivity index (χ1n) is 19.6. The highest BCUT2D eigenvalue weighted by Crippen LogP contribution is 2.65. The van der Waals surface area contributed by atoms with Crippen molar-refractivity contribution < 1.29 is 32.4 Å². The standard InChI is InChI=1S/C40H58N6O7S/c1-7-19-41-36(49)34(47)28(20-24-17-18-24)42-35(48)33-31-27(40(31,5)6)22-46(33)37(50)32(25-13-9-8-10-14-25)44-38(51)43-30(39(2,3)4)23-45-21-26-15-11-12-16-29(26)54(45,52)53/h7,11-12,15-16,24-25,27-28,30-33H,1,8-10,13-14,17-23H2,2-6H3,(H,41,49)(H,42,48)(H2,43,44,51)/t27-,28?,30+,31-,32-,33-/m0/s1. The molecule has 0 radical (unpaired) electrons. The molecule has 0 aromatic heterocycles. The van der Waals surface area contributed by atoms with E-state index in [1.54, 1.807) is 23.1 Å². The highest BCUT2D eigenvalue weighted by molar-refractivity contribution is 7.89. The molecule has 1 aromatic carbocycles. The molecule has 6 rings (SSSR count). The lowest BCUT2D eigenvalue weighted by atomic mass is 9.83. The first-order chi connectivity index (χ1) is 25.4. The van der Waals surface area contributed by atoms with Gasteiger partial charge >= 0.3 is 6.03 Å². The molecule has 14 heteroatoms. The zero-order valence-corrected chi connectivity index (χ0v) is 33.2. The maximum absolute atomic E-state index is 14.8. The van der Waals surface area contributed by atoms with Gasteiger partial charge in [-0.15, -0.1) is 6.58 Å². The van der Waals surface area contributed by atoms with Gasteiger partial charge in [0, 0.05) is 32.2 Å². The van der Waals surface area contributed by atoms with Crippen LogP contribution in [0.15, 0.2) is 41.8 Å². The van der Waals surface area contributed by atoms with Gasteiger partial charge in [-0.3, -0.25) is 19.2 Å². The van der Waals surface area contributed by atoms with Gasteiger partial charge in [0.15, 0.2) is 0 Å². The van der Waals surface area contributed by atoms with Crippen LogP contribution in [0.5, 0.6) is 0 Å². The summed E-state index contributed by atoms with van der Waals surface area (Å²) in [6.07, 6.45) is 8.03. The number of carbonyl (C=O) groups excluding carboxylic acids is 5. The summed E-state index contributed by atoms with van der Waals surface area (Å²) < 4.78 is 28.2. The molecule has 1 saturated heterocycles. The molecule has 5 aliphatic rings. The Morgan fingerprint density at radius 2 is 1.67 bits per heavy atom. The smallest absolute Gasteiger partial charge is 0.315 e. The fraction of sp³-hybridized carbons (Fsp3) is 0.675. The number of nitrogens with zero attached hydrogens (tertiary/aromatic N) is 2. The van der Waals surface area contributed by atoms with E-state index in [1.807, 2.05) is 26.8 Å². The molecular weight excluding hydrogens is 709 g/mol. The van der Waals surface area contributed by atoms with E-state index in [1.165, 1.54) is 10.4 Å². The van der Waals surface area contributed by atoms with Gasteiger partial charge in [-0.2, -0.15) is 4.31 Å². The minimum Gasteiger partial charge on any atom is -0.346 e. The van der Waals surface area contributed by atoms with Crippen molar-refractivity contribution in [3.63, 3.8) is 0 Å². The van der Waals surface area contributed by atoms with Gasteiger partial charge in [0.05, 0.1) is 10.9 Å². The van der Waals surface area contributed by atoms with E-state index in [0.29, 0.717) is 18.5 Å². The molecule has 1 unspecified atom stereocenters. The number of sulfonamides is 1. The molecule has 2 aliphatic heterocycles. The molecule has 3 aliphatic carbocycles. The monoisotopic (exact) mass is 766 g/mol. The molecule has 2 heterocycles. The van der Waals surface area contributed by atoms with E-state index in [4.69, 9.17) is 0 Å². The predicted molar refractivity (Wildman–Crippen MR) is 203 cm³/mol. The van der Waals surface area contributed by atoms with Crippen LogP contribution in [-0.2, 0) is 35.7 Å². The minimum atomic E-state index is -3.74. The van der Waals surface area contributed by atoms with Crippen molar-refractivity contribution in [2.45, 2.75) is 122 Å². The van der Waals surface area contributed by atoms with E-state index in [0.717, 1.165) is 44.9 Å². The lowest BCUT2D eigenvalue weighted by Crippen LogP contribution is -2.61. The number of likely N-dealkylation sites (tertiary alicyclic amines) is 1. The molecule has 1 aromatic rings. The van der Waals surface area contributed by atoms with Gasteiger partial charge in [0.1, 0.15) is 12.1 Å². The fourth-order valence-corrected chi connectivity index (χ4v) is 10.6. The summed E-state index contributed by atoms with van der Waals surface area (Å²) in [5.74, 6) is -2.24. The van der Waals surface area contributed by atoms with Crippen LogP contribution >= 0.6 is 0 Å². The second-order valence-electron chi connectivity index (χ2n) is 17.8. The van der Waals surface area contributed by atoms with E-state index >= 15 is 0 Å². The fourth-order valence-electron chi connectivity index (χ4n) is 8.97. The Labute approximate surface area is 319 Å². The van der Waals surface area contributed by atoms with Crippen molar-refractivity contribution in [1.29, 1.82) is 0 Å². The van der Waals surface area contributed by atoms with Crippen molar-refractivity contribution in [1.82, 2.24) is 30.5 Å². The molecule has 5 amide bonds. The number of piperidine rings is 1. The Bertz CT molecular complexity index is 1760. The SMILES string of the molecule is C=CCNC(=O)C(=O)C(CC1CC1)NC(=O)[C@@H]1[C@@H]2[C@H](CN1C(=O)[C@@H](NC(=O)N[C@H](CN1Cc3ccccc3S1(=O)=O)C(C)(C)C)C1CCCCC1)C2(C)C. The largest absolute Gasteiger partial charge is 0.346 e. The molecular formula is C40H58N6O7S. The summed E-state index contributed by atoms with van der Waals surface area (Å²) in [4.78, 5) is 70.8. The molecule has 54 heavy (non-hydrogen) atoms. The third-order valence-corrected chi connectivity index (χ3v) is 14.5. The number of urea groups is 1. The summed E-state index contributed by atoms with van der Waals surface area (Å²) >= 11 is 0. The van der Waals surface area contributed by atoms with E-state index in [2.05, 4.69) is 41.7 Å². The number of rotatable bonds is 14. The molecule has 296 valence electrons. The van der Waals surface area contributed by atoms with Gasteiger partial charge in [-0.05, 0) is 65.4 Å². The number of amides is 5. The van der Waals surface area contributed by atoms with Crippen LogP contribution in [0.1, 0.15) is 91.5 Å². The molecule has 6 atom stereocenters. The minimum absolute atomic E-state index is 0.0507. The van der Waals surface area contributed by atoms with Crippen LogP contribution in [0.2, 0.25) is 0 Å². The molecule has 13 nitrogen and oxygen atoms in total. The van der Waals surface area contributed by atoms with Crippen LogP contribution < -0.4 is 21.3 Å². The summed E-state index contributed by atoms with van der Waals surface area (Å²) in [6.45, 7) is 14.3. The van der Waals surface area contributed by atoms with Crippen LogP contribution in [0.3, 0.4) is 0 Å². The van der Waals surface area contributed by atoms with Crippen LogP contribution in [0.25, 0.3) is 0 Å². The molecule has 3 saturated carbocycles. The van der Waals surface area contributed by atoms with Gasteiger partial charge < -0.3 is 26.2 Å². The topological polar surface area (TPSA) is 174 Å². The number of carbonyl (C=O) groups is 5. The molecule has 4 N–H and O–H groups in total. The number of fused-ring (bicyclic) bond motifs is 2. The first kappa shape index (κ1) is 39.9. The highest BCUT2D eigenvalue weighted by atomic mass is 32.2. The summed E-state index contributed by atoms with van der Waals surface area (Å²) in [5, 5.41) is 11.5. The van der Waals surface area contributed by atoms with Gasteiger partial charge in [0.2, 0.25) is 27.6 Å². The van der Waals surface area contributed by atoms with Crippen molar-refractivity contribution in [2.24, 2.45) is 34.5 Å². The maximum atomic E-state index is 14.8. The normalized spacial score (nSPS) is 26.0. The van der Waals surface area contributed by atoms with Crippen molar-refractivity contribution in [3.8, 4) is 0 Å². The van der Waals surface area contributed by atoms with Crippen LogP contribution in [0.4, 0.5) is 4.79 Å². The van der Waals surface area contributed by atoms with Crippen molar-refractivity contribution in [2.75, 3.05) is 19.6 Å². The van der Waals surface area contributed by atoms with Gasteiger partial charge in [-0.25, -0.2) is 13.2 Å². The van der Waals surface area contributed by atoms with Crippen LogP contribution in [0, 0.1) is 34.5 Å². The Kier molecular flexibility index (Phi) is 11.4. The van der Waals surface area contributed by atoms with E-state index < -0.39 is 63.2 Å². The first-order valence-corrected chi connectivity index (χ1v) is 21.1.